The van der Waals surface area contributed by atoms with E-state index in [2.05, 4.69) is 4.90 Å². The number of aliphatic hydroxyl groups is 1. The third-order valence-corrected chi connectivity index (χ3v) is 5.90. The van der Waals surface area contributed by atoms with Crippen LogP contribution in [0.15, 0.2) is 24.3 Å². The number of benzene rings is 1. The van der Waals surface area contributed by atoms with Crippen molar-refractivity contribution < 1.29 is 21.4 Å². The summed E-state index contributed by atoms with van der Waals surface area (Å²) in [6.45, 7) is 0.707. The van der Waals surface area contributed by atoms with Crippen LogP contribution >= 0.6 is 0 Å². The highest BCUT2D eigenvalue weighted by molar-refractivity contribution is 5.62. The van der Waals surface area contributed by atoms with E-state index in [1.165, 1.54) is 6.08 Å². The summed E-state index contributed by atoms with van der Waals surface area (Å²) in [5, 5.41) is 10.8. The van der Waals surface area contributed by atoms with Crippen LogP contribution < -0.4 is 9.47 Å². The molecule has 4 aliphatic rings. The quantitative estimate of drug-likeness (QED) is 0.799. The first kappa shape index (κ1) is 8.94. The SMILES string of the molecule is [2H]C([2H])([2H])Oc1ccc2c3c1OC1([2H])C([2H])(O)C=C[C@H]4[C@@H](C2)N(C)CC[C@@]341. The van der Waals surface area contributed by atoms with Gasteiger partial charge in [0.15, 0.2) is 11.5 Å². The molecule has 0 radical (unpaired) electrons. The average molecular weight is 304 g/mol. The van der Waals surface area contributed by atoms with Crippen molar-refractivity contribution in [3.63, 3.8) is 0 Å². The fourth-order valence-electron chi connectivity index (χ4n) is 4.95. The van der Waals surface area contributed by atoms with Crippen molar-refractivity contribution in [2.45, 2.75) is 36.5 Å². The highest BCUT2D eigenvalue weighted by Gasteiger charge is 2.64. The molecule has 1 aromatic carbocycles. The van der Waals surface area contributed by atoms with E-state index in [1.807, 2.05) is 19.2 Å². The van der Waals surface area contributed by atoms with Crippen LogP contribution in [0.5, 0.6) is 11.5 Å². The predicted molar refractivity (Wildman–Crippen MR) is 82.5 cm³/mol. The van der Waals surface area contributed by atoms with E-state index >= 15 is 0 Å². The van der Waals surface area contributed by atoms with Crippen molar-refractivity contribution in [1.82, 2.24) is 4.90 Å². The number of hydrogen-bond donors (Lipinski definition) is 1. The van der Waals surface area contributed by atoms with E-state index in [9.17, 15) is 5.11 Å². The first-order valence-corrected chi connectivity index (χ1v) is 7.67. The lowest BCUT2D eigenvalue weighted by Crippen LogP contribution is -2.64. The second kappa shape index (κ2) is 4.06. The highest BCUT2D eigenvalue weighted by atomic mass is 16.5. The van der Waals surface area contributed by atoms with Gasteiger partial charge in [-0.15, -0.1) is 0 Å². The summed E-state index contributed by atoms with van der Waals surface area (Å²) in [6.07, 6.45) is 0.241. The molecular formula is C18H21NO3. The molecule has 5 atom stereocenters. The van der Waals surface area contributed by atoms with Crippen LogP contribution in [0.2, 0.25) is 0 Å². The highest BCUT2D eigenvalue weighted by Crippen LogP contribution is 2.62. The third kappa shape index (κ3) is 1.28. The normalized spacial score (nSPS) is 51.6. The molecule has 2 aliphatic heterocycles. The molecule has 116 valence electrons. The Morgan fingerprint density at radius 3 is 3.27 bits per heavy atom. The minimum absolute atomic E-state index is 0.0380. The molecule has 2 bridgehead atoms. The predicted octanol–water partition coefficient (Wildman–Crippen LogP) is 1.50. The number of nitrogens with zero attached hydrogens (tertiary/aromatic N) is 1. The summed E-state index contributed by atoms with van der Waals surface area (Å²) < 4.78 is 51.0. The first-order valence-electron chi connectivity index (χ1n) is 10.2. The Bertz CT molecular complexity index is 869. The molecule has 1 fully saturated rings. The number of likely N-dealkylation sites (N-methyl/N-ethyl adjacent to an activating group) is 1. The van der Waals surface area contributed by atoms with Gasteiger partial charge in [0.05, 0.1) is 13.9 Å². The first-order chi connectivity index (χ1) is 12.5. The van der Waals surface area contributed by atoms with Crippen LogP contribution in [0.4, 0.5) is 0 Å². The monoisotopic (exact) mass is 304 g/mol. The molecular weight excluding hydrogens is 278 g/mol. The van der Waals surface area contributed by atoms with Gasteiger partial charge in [0.1, 0.15) is 12.2 Å². The number of likely N-dealkylation sites (tertiary alicyclic amines) is 1. The lowest BCUT2D eigenvalue weighted by Gasteiger charge is -2.56. The van der Waals surface area contributed by atoms with Crippen LogP contribution in [0.1, 0.15) is 24.4 Å². The maximum Gasteiger partial charge on any atom is 0.165 e. The minimum atomic E-state index is -2.66. The number of hydrogen-bond acceptors (Lipinski definition) is 4. The zero-order valence-electron chi connectivity index (χ0n) is 17.3. The Labute approximate surface area is 137 Å². The van der Waals surface area contributed by atoms with Crippen molar-refractivity contribution in [3.8, 4) is 11.5 Å². The van der Waals surface area contributed by atoms with Crippen molar-refractivity contribution in [2.24, 2.45) is 5.92 Å². The van der Waals surface area contributed by atoms with Crippen LogP contribution in [0, 0.1) is 5.92 Å². The molecule has 5 rings (SSSR count). The van der Waals surface area contributed by atoms with Crippen LogP contribution in [0.25, 0.3) is 0 Å². The van der Waals surface area contributed by atoms with Gasteiger partial charge < -0.3 is 19.5 Å². The number of piperidine rings is 1. The Kier molecular flexibility index (Phi) is 1.65. The van der Waals surface area contributed by atoms with E-state index in [-0.39, 0.29) is 23.5 Å². The number of ether oxygens (including phenoxy) is 2. The van der Waals surface area contributed by atoms with Crippen LogP contribution in [0.3, 0.4) is 0 Å². The van der Waals surface area contributed by atoms with E-state index < -0.39 is 24.6 Å². The van der Waals surface area contributed by atoms with E-state index in [1.54, 1.807) is 6.07 Å². The zero-order chi connectivity index (χ0) is 19.4. The van der Waals surface area contributed by atoms with Gasteiger partial charge in [0.25, 0.3) is 0 Å². The number of methoxy groups -OCH3 is 1. The second-order valence-electron chi connectivity index (χ2n) is 6.70. The average Bonchev–Trinajstić information content (AvgIpc) is 2.84. The summed E-state index contributed by atoms with van der Waals surface area (Å²) in [4.78, 5) is 2.25. The van der Waals surface area contributed by atoms with Gasteiger partial charge in [-0.25, -0.2) is 0 Å². The lowest BCUT2D eigenvalue weighted by molar-refractivity contribution is -0.0453. The Balaban J connectivity index is 1.80. The maximum atomic E-state index is 10.8. The van der Waals surface area contributed by atoms with Gasteiger partial charge in [-0.2, -0.15) is 0 Å². The summed E-state index contributed by atoms with van der Waals surface area (Å²) in [5.41, 5.74) is 0.798. The zero-order valence-corrected chi connectivity index (χ0v) is 12.3. The fraction of sp³-hybridized carbons (Fsp3) is 0.556. The second-order valence-corrected chi connectivity index (χ2v) is 6.70. The van der Waals surface area contributed by atoms with E-state index in [0.717, 1.165) is 17.5 Å². The topological polar surface area (TPSA) is 41.9 Å². The van der Waals surface area contributed by atoms with Gasteiger partial charge in [0.2, 0.25) is 0 Å². The standard InChI is InChI=1S/C18H21NO3/c1-19-8-7-18-11-4-5-13(20)17(18)22-16-14(21-2)6-3-10(15(16)18)9-12(11)19/h3-6,11-13,17,20H,7-9H2,1-2H3/t11-,12+,13?,17?,18-/m0/s1/i2D3,13D,17D. The Hall–Kier alpha value is -1.52. The summed E-state index contributed by atoms with van der Waals surface area (Å²) in [7, 11) is -0.611. The van der Waals surface area contributed by atoms with Crippen LogP contribution in [-0.2, 0) is 11.8 Å². The molecule has 4 heteroatoms. The smallest absolute Gasteiger partial charge is 0.165 e. The molecule has 0 aromatic heterocycles. The fourth-order valence-corrected chi connectivity index (χ4v) is 4.95. The van der Waals surface area contributed by atoms with E-state index in [4.69, 9.17) is 16.3 Å². The molecule has 1 aromatic rings. The van der Waals surface area contributed by atoms with Gasteiger partial charge in [0, 0.05) is 22.9 Å². The van der Waals surface area contributed by atoms with Crippen LogP contribution in [-0.4, -0.2) is 48.8 Å². The van der Waals surface area contributed by atoms with Crippen molar-refractivity contribution in [1.29, 1.82) is 0 Å². The molecule has 0 saturated carbocycles. The molecule has 2 unspecified atom stereocenters. The van der Waals surface area contributed by atoms with Gasteiger partial charge in [-0.1, -0.05) is 18.2 Å². The van der Waals surface area contributed by atoms with E-state index in [0.29, 0.717) is 13.0 Å². The molecule has 2 aliphatic carbocycles. The van der Waals surface area contributed by atoms with Crippen molar-refractivity contribution in [2.75, 3.05) is 20.6 Å². The lowest BCUT2D eigenvalue weighted by atomic mass is 9.53. The van der Waals surface area contributed by atoms with Crippen molar-refractivity contribution in [3.05, 3.63) is 35.4 Å². The molecule has 4 nitrogen and oxygen atoms in total. The van der Waals surface area contributed by atoms with Gasteiger partial charge in [-0.3, -0.25) is 0 Å². The molecule has 0 amide bonds. The summed E-state index contributed by atoms with van der Waals surface area (Å²) in [5.74, 6) is 0.133. The molecule has 2 heterocycles. The molecule has 22 heavy (non-hydrogen) atoms. The molecule has 1 spiro atoms. The third-order valence-electron chi connectivity index (χ3n) is 5.90. The maximum absolute atomic E-state index is 10.8. The number of rotatable bonds is 1. The summed E-state index contributed by atoms with van der Waals surface area (Å²) in [6, 6.07) is 3.53. The molecule has 1 saturated heterocycles. The summed E-state index contributed by atoms with van der Waals surface area (Å²) >= 11 is 0. The minimum Gasteiger partial charge on any atom is -0.493 e. The Morgan fingerprint density at radius 1 is 1.50 bits per heavy atom. The van der Waals surface area contributed by atoms with Crippen molar-refractivity contribution >= 4 is 0 Å². The largest absolute Gasteiger partial charge is 0.493 e. The molecule has 1 N–H and O–H groups in total. The van der Waals surface area contributed by atoms with Gasteiger partial charge >= 0.3 is 0 Å². The van der Waals surface area contributed by atoms with Gasteiger partial charge in [-0.05, 0) is 38.1 Å². The Morgan fingerprint density at radius 2 is 2.41 bits per heavy atom.